The van der Waals surface area contributed by atoms with Crippen LogP contribution in [0.15, 0.2) is 6.20 Å². The van der Waals surface area contributed by atoms with Crippen LogP contribution in [-0.2, 0) is 11.3 Å². The van der Waals surface area contributed by atoms with Gasteiger partial charge in [0.15, 0.2) is 0 Å². The topological polar surface area (TPSA) is 84.5 Å². The molecule has 2 N–H and O–H groups in total. The van der Waals surface area contributed by atoms with Crippen LogP contribution in [0, 0.1) is 6.92 Å². The van der Waals surface area contributed by atoms with E-state index < -0.39 is 0 Å². The fourth-order valence-electron chi connectivity index (χ4n) is 1.93. The molecule has 1 heterocycles. The van der Waals surface area contributed by atoms with Crippen molar-refractivity contribution in [2.45, 2.75) is 26.8 Å². The molecule has 0 fully saturated rings. The first kappa shape index (κ1) is 17.2. The van der Waals surface area contributed by atoms with Crippen molar-refractivity contribution in [1.29, 1.82) is 0 Å². The third-order valence-corrected chi connectivity index (χ3v) is 3.40. The summed E-state index contributed by atoms with van der Waals surface area (Å²) in [5.74, 6) is -0.262. The lowest BCUT2D eigenvalue weighted by Crippen LogP contribution is -2.40. The molecule has 0 aliphatic carbocycles. The molecule has 0 aliphatic heterocycles. The Bertz CT molecular complexity index is 496. The van der Waals surface area contributed by atoms with Gasteiger partial charge in [0.25, 0.3) is 5.91 Å². The highest BCUT2D eigenvalue weighted by Gasteiger charge is 2.22. The first-order valence-corrected chi connectivity index (χ1v) is 7.14. The maximum Gasteiger partial charge on any atom is 0.257 e. The van der Waals surface area contributed by atoms with Gasteiger partial charge in [0.2, 0.25) is 5.91 Å². The minimum Gasteiger partial charge on any atom is -0.347 e. The molecule has 1 aromatic rings. The number of carbonyl (C=O) groups excluding carboxylic acids is 2. The van der Waals surface area contributed by atoms with Crippen molar-refractivity contribution >= 4 is 11.8 Å². The number of rotatable bonds is 7. The van der Waals surface area contributed by atoms with Crippen molar-refractivity contribution in [3.8, 4) is 0 Å². The third-order valence-electron chi connectivity index (χ3n) is 3.40. The van der Waals surface area contributed by atoms with E-state index in [-0.39, 0.29) is 18.4 Å². The Balaban J connectivity index is 2.85. The molecule has 7 heteroatoms. The van der Waals surface area contributed by atoms with Crippen molar-refractivity contribution in [2.24, 2.45) is 5.73 Å². The van der Waals surface area contributed by atoms with E-state index >= 15 is 0 Å². The van der Waals surface area contributed by atoms with Crippen LogP contribution in [-0.4, -0.2) is 65.1 Å². The Morgan fingerprint density at radius 3 is 2.57 bits per heavy atom. The number of hydrogen-bond donors (Lipinski definition) is 1. The van der Waals surface area contributed by atoms with E-state index in [9.17, 15) is 9.59 Å². The van der Waals surface area contributed by atoms with Gasteiger partial charge in [0.05, 0.1) is 18.3 Å². The molecule has 7 nitrogen and oxygen atoms in total. The van der Waals surface area contributed by atoms with Gasteiger partial charge in [0.1, 0.15) is 0 Å². The van der Waals surface area contributed by atoms with E-state index in [1.54, 1.807) is 25.0 Å². The summed E-state index contributed by atoms with van der Waals surface area (Å²) < 4.78 is 1.78. The van der Waals surface area contributed by atoms with Gasteiger partial charge < -0.3 is 15.5 Å². The molecule has 1 aromatic heterocycles. The molecular formula is C14H25N5O2. The number of nitrogens with zero attached hydrogens (tertiary/aromatic N) is 4. The zero-order valence-corrected chi connectivity index (χ0v) is 13.3. The van der Waals surface area contributed by atoms with Gasteiger partial charge in [-0.1, -0.05) is 0 Å². The molecule has 0 aliphatic rings. The molecule has 0 atom stereocenters. The normalized spacial score (nSPS) is 10.5. The smallest absolute Gasteiger partial charge is 0.257 e. The molecule has 21 heavy (non-hydrogen) atoms. The highest BCUT2D eigenvalue weighted by Crippen LogP contribution is 2.11. The van der Waals surface area contributed by atoms with E-state index in [0.29, 0.717) is 25.2 Å². The predicted octanol–water partition coefficient (Wildman–Crippen LogP) is 0.0906. The molecule has 0 bridgehead atoms. The van der Waals surface area contributed by atoms with E-state index in [1.165, 1.54) is 9.80 Å². The number of aryl methyl sites for hydroxylation is 1. The third kappa shape index (κ3) is 4.29. The molecule has 0 saturated carbocycles. The van der Waals surface area contributed by atoms with Crippen LogP contribution in [0.2, 0.25) is 0 Å². The van der Waals surface area contributed by atoms with E-state index in [2.05, 4.69) is 5.10 Å². The number of carbonyl (C=O) groups is 2. The van der Waals surface area contributed by atoms with Gasteiger partial charge in [0, 0.05) is 32.9 Å². The van der Waals surface area contributed by atoms with Crippen LogP contribution < -0.4 is 5.73 Å². The number of nitrogens with two attached hydrogens (primary N) is 1. The second kappa shape index (κ2) is 7.78. The molecule has 0 spiro atoms. The van der Waals surface area contributed by atoms with Gasteiger partial charge in [-0.3, -0.25) is 14.3 Å². The maximum atomic E-state index is 12.5. The molecule has 0 unspecified atom stereocenters. The minimum atomic E-state index is -0.163. The lowest BCUT2D eigenvalue weighted by atomic mass is 10.2. The number of aromatic nitrogens is 2. The fraction of sp³-hybridized carbons (Fsp3) is 0.643. The van der Waals surface area contributed by atoms with E-state index in [4.69, 9.17) is 5.73 Å². The average Bonchev–Trinajstić information content (AvgIpc) is 2.82. The van der Waals surface area contributed by atoms with Gasteiger partial charge in [-0.25, -0.2) is 0 Å². The Morgan fingerprint density at radius 2 is 2.05 bits per heavy atom. The summed E-state index contributed by atoms with van der Waals surface area (Å²) in [6.07, 6.45) is 2.38. The van der Waals surface area contributed by atoms with E-state index in [1.807, 2.05) is 13.8 Å². The van der Waals surface area contributed by atoms with Crippen molar-refractivity contribution in [3.05, 3.63) is 17.5 Å². The standard InChI is InChI=1S/C14H25N5O2/c1-5-18(10-13(20)17(3)4)14(21)12-9-16-19(11(12)2)8-6-7-15/h9H,5-8,10,15H2,1-4H3. The Morgan fingerprint density at radius 1 is 1.38 bits per heavy atom. The molecule has 2 amide bonds. The Hall–Kier alpha value is -1.89. The van der Waals surface area contributed by atoms with Gasteiger partial charge in [-0.2, -0.15) is 5.10 Å². The summed E-state index contributed by atoms with van der Waals surface area (Å²) in [5, 5.41) is 4.22. The molecule has 0 aromatic carbocycles. The van der Waals surface area contributed by atoms with Gasteiger partial charge in [-0.05, 0) is 26.8 Å². The first-order chi connectivity index (χ1) is 9.92. The van der Waals surface area contributed by atoms with Crippen LogP contribution in [0.5, 0.6) is 0 Å². The fourth-order valence-corrected chi connectivity index (χ4v) is 1.93. The summed E-state index contributed by atoms with van der Waals surface area (Å²) in [6, 6.07) is 0. The lowest BCUT2D eigenvalue weighted by molar-refractivity contribution is -0.129. The van der Waals surface area contributed by atoms with Crippen LogP contribution in [0.3, 0.4) is 0 Å². The minimum absolute atomic E-state index is 0.0791. The number of amides is 2. The zero-order chi connectivity index (χ0) is 16.0. The van der Waals surface area contributed by atoms with Crippen molar-refractivity contribution in [2.75, 3.05) is 33.7 Å². The van der Waals surface area contributed by atoms with Gasteiger partial charge in [-0.15, -0.1) is 0 Å². The van der Waals surface area contributed by atoms with E-state index in [0.717, 1.165) is 12.1 Å². The molecule has 118 valence electrons. The maximum absolute atomic E-state index is 12.5. The summed E-state index contributed by atoms with van der Waals surface area (Å²) in [6.45, 7) is 5.55. The van der Waals surface area contributed by atoms with Crippen LogP contribution in [0.4, 0.5) is 0 Å². The average molecular weight is 295 g/mol. The van der Waals surface area contributed by atoms with Crippen LogP contribution in [0.25, 0.3) is 0 Å². The zero-order valence-electron chi connectivity index (χ0n) is 13.3. The van der Waals surface area contributed by atoms with Crippen molar-refractivity contribution in [3.63, 3.8) is 0 Å². The van der Waals surface area contributed by atoms with Crippen molar-refractivity contribution < 1.29 is 9.59 Å². The molecule has 0 radical (unpaired) electrons. The first-order valence-electron chi connectivity index (χ1n) is 7.14. The number of likely N-dealkylation sites (N-methyl/N-ethyl adjacent to an activating group) is 2. The summed E-state index contributed by atoms with van der Waals surface area (Å²) in [7, 11) is 3.35. The van der Waals surface area contributed by atoms with Gasteiger partial charge >= 0.3 is 0 Å². The molecule has 0 saturated heterocycles. The Labute approximate surface area is 125 Å². The summed E-state index contributed by atoms with van der Waals surface area (Å²) in [5.41, 5.74) is 6.84. The number of hydrogen-bond acceptors (Lipinski definition) is 4. The highest BCUT2D eigenvalue weighted by molar-refractivity contribution is 5.97. The predicted molar refractivity (Wildman–Crippen MR) is 80.9 cm³/mol. The monoisotopic (exact) mass is 295 g/mol. The SMILES string of the molecule is CCN(CC(=O)N(C)C)C(=O)c1cnn(CCCN)c1C. The Kier molecular flexibility index (Phi) is 6.36. The lowest BCUT2D eigenvalue weighted by Gasteiger charge is -2.22. The summed E-state index contributed by atoms with van der Waals surface area (Å²) >= 11 is 0. The second-order valence-electron chi connectivity index (χ2n) is 5.12. The van der Waals surface area contributed by atoms with Crippen molar-refractivity contribution in [1.82, 2.24) is 19.6 Å². The molecule has 1 rings (SSSR count). The largest absolute Gasteiger partial charge is 0.347 e. The highest BCUT2D eigenvalue weighted by atomic mass is 16.2. The van der Waals surface area contributed by atoms with Crippen LogP contribution in [0.1, 0.15) is 29.4 Å². The second-order valence-corrected chi connectivity index (χ2v) is 5.12. The quantitative estimate of drug-likeness (QED) is 0.772. The summed E-state index contributed by atoms with van der Waals surface area (Å²) in [4.78, 5) is 27.3. The molecular weight excluding hydrogens is 270 g/mol. The van der Waals surface area contributed by atoms with Crippen LogP contribution >= 0.6 is 0 Å².